The van der Waals surface area contributed by atoms with Crippen molar-refractivity contribution >= 4 is 37.6 Å². The number of benzene rings is 2. The second kappa shape index (κ2) is 6.89. The van der Waals surface area contributed by atoms with E-state index in [1.165, 1.54) is 0 Å². The molecule has 0 heterocycles. The number of nitrogens with one attached hydrogen (secondary N) is 1. The van der Waals surface area contributed by atoms with Crippen molar-refractivity contribution in [3.05, 3.63) is 63.1 Å². The van der Waals surface area contributed by atoms with Crippen molar-refractivity contribution in [1.29, 1.82) is 0 Å². The van der Waals surface area contributed by atoms with Crippen molar-refractivity contribution in [1.82, 2.24) is 4.72 Å². The van der Waals surface area contributed by atoms with Crippen LogP contribution < -0.4 is 10.5 Å². The standard InChI is InChI=1S/C14H14BrClN2O2S/c15-13-5-4-10(8-17)7-14(13)21(19,20)18-9-11-2-1-3-12(16)6-11/h1-7,18H,8-9,17H2. The van der Waals surface area contributed by atoms with Crippen molar-refractivity contribution < 1.29 is 8.42 Å². The first-order valence-corrected chi connectivity index (χ1v) is 8.80. The van der Waals surface area contributed by atoms with Gasteiger partial charge >= 0.3 is 0 Å². The zero-order valence-corrected chi connectivity index (χ0v) is 14.2. The van der Waals surface area contributed by atoms with Crippen LogP contribution in [0.15, 0.2) is 51.8 Å². The third-order valence-corrected chi connectivity index (χ3v) is 5.51. The molecule has 2 aromatic rings. The van der Waals surface area contributed by atoms with E-state index < -0.39 is 10.0 Å². The highest BCUT2D eigenvalue weighted by molar-refractivity contribution is 9.10. The van der Waals surface area contributed by atoms with Crippen LogP contribution in [-0.4, -0.2) is 8.42 Å². The Morgan fingerprint density at radius 1 is 1.14 bits per heavy atom. The van der Waals surface area contributed by atoms with Gasteiger partial charge in [-0.05, 0) is 51.3 Å². The van der Waals surface area contributed by atoms with Crippen LogP contribution in [0.5, 0.6) is 0 Å². The molecule has 0 aliphatic rings. The molecule has 0 amide bonds. The Labute approximate surface area is 137 Å². The van der Waals surface area contributed by atoms with E-state index in [2.05, 4.69) is 20.7 Å². The minimum Gasteiger partial charge on any atom is -0.326 e. The van der Waals surface area contributed by atoms with Crippen LogP contribution in [0.25, 0.3) is 0 Å². The minimum atomic E-state index is -3.63. The summed E-state index contributed by atoms with van der Waals surface area (Å²) in [6.07, 6.45) is 0. The Morgan fingerprint density at radius 3 is 2.57 bits per heavy atom. The maximum Gasteiger partial charge on any atom is 0.242 e. The van der Waals surface area contributed by atoms with Gasteiger partial charge in [0.1, 0.15) is 0 Å². The average molecular weight is 390 g/mol. The van der Waals surface area contributed by atoms with Crippen molar-refractivity contribution in [2.75, 3.05) is 0 Å². The fraction of sp³-hybridized carbons (Fsp3) is 0.143. The van der Waals surface area contributed by atoms with Gasteiger partial charge in [-0.1, -0.05) is 29.8 Å². The number of sulfonamides is 1. The molecular formula is C14H14BrClN2O2S. The second-order valence-corrected chi connectivity index (χ2v) is 7.45. The molecule has 0 radical (unpaired) electrons. The summed E-state index contributed by atoms with van der Waals surface area (Å²) in [7, 11) is -3.63. The van der Waals surface area contributed by atoms with Crippen LogP contribution in [0, 0.1) is 0 Å². The normalized spacial score (nSPS) is 11.6. The van der Waals surface area contributed by atoms with E-state index in [-0.39, 0.29) is 18.0 Å². The van der Waals surface area contributed by atoms with Gasteiger partial charge in [-0.15, -0.1) is 0 Å². The first-order chi connectivity index (χ1) is 9.92. The van der Waals surface area contributed by atoms with Crippen molar-refractivity contribution in [3.8, 4) is 0 Å². The van der Waals surface area contributed by atoms with Gasteiger partial charge in [0, 0.05) is 22.6 Å². The van der Waals surface area contributed by atoms with Crippen LogP contribution in [0.2, 0.25) is 5.02 Å². The largest absolute Gasteiger partial charge is 0.326 e. The summed E-state index contributed by atoms with van der Waals surface area (Å²) in [5.74, 6) is 0. The van der Waals surface area contributed by atoms with Crippen LogP contribution in [0.3, 0.4) is 0 Å². The quantitative estimate of drug-likeness (QED) is 0.825. The molecule has 112 valence electrons. The van der Waals surface area contributed by atoms with Gasteiger partial charge in [0.25, 0.3) is 0 Å². The molecular weight excluding hydrogens is 376 g/mol. The Hall–Kier alpha value is -0.920. The van der Waals surface area contributed by atoms with E-state index >= 15 is 0 Å². The van der Waals surface area contributed by atoms with Crippen LogP contribution in [0.4, 0.5) is 0 Å². The first kappa shape index (κ1) is 16.5. The monoisotopic (exact) mass is 388 g/mol. The highest BCUT2D eigenvalue weighted by Gasteiger charge is 2.17. The van der Waals surface area contributed by atoms with Gasteiger partial charge in [-0.25, -0.2) is 13.1 Å². The Balaban J connectivity index is 2.22. The lowest BCUT2D eigenvalue weighted by Gasteiger charge is -2.10. The van der Waals surface area contributed by atoms with Crippen LogP contribution in [0.1, 0.15) is 11.1 Å². The number of hydrogen-bond donors (Lipinski definition) is 2. The predicted octanol–water partition coefficient (Wildman–Crippen LogP) is 3.04. The summed E-state index contributed by atoms with van der Waals surface area (Å²) in [5.41, 5.74) is 7.09. The summed E-state index contributed by atoms with van der Waals surface area (Å²) >= 11 is 9.13. The van der Waals surface area contributed by atoms with E-state index in [9.17, 15) is 8.42 Å². The fourth-order valence-electron chi connectivity index (χ4n) is 1.78. The Bertz CT molecular complexity index is 750. The summed E-state index contributed by atoms with van der Waals surface area (Å²) in [5, 5.41) is 0.568. The summed E-state index contributed by atoms with van der Waals surface area (Å²) in [4.78, 5) is 0.174. The van der Waals surface area contributed by atoms with E-state index in [1.54, 1.807) is 42.5 Å². The first-order valence-electron chi connectivity index (χ1n) is 6.15. The van der Waals surface area contributed by atoms with E-state index in [0.29, 0.717) is 9.50 Å². The van der Waals surface area contributed by atoms with Crippen molar-refractivity contribution in [3.63, 3.8) is 0 Å². The molecule has 0 unspecified atom stereocenters. The SMILES string of the molecule is NCc1ccc(Br)c(S(=O)(=O)NCc2cccc(Cl)c2)c1. The van der Waals surface area contributed by atoms with Crippen LogP contribution in [-0.2, 0) is 23.1 Å². The van der Waals surface area contributed by atoms with E-state index in [4.69, 9.17) is 17.3 Å². The van der Waals surface area contributed by atoms with E-state index in [1.807, 2.05) is 0 Å². The molecule has 0 spiro atoms. The predicted molar refractivity (Wildman–Crippen MR) is 87.5 cm³/mol. The molecule has 21 heavy (non-hydrogen) atoms. The topological polar surface area (TPSA) is 72.2 Å². The third kappa shape index (κ3) is 4.28. The lowest BCUT2D eigenvalue weighted by Crippen LogP contribution is -2.23. The molecule has 2 rings (SSSR count). The van der Waals surface area contributed by atoms with Gasteiger partial charge in [0.2, 0.25) is 10.0 Å². The molecule has 4 nitrogen and oxygen atoms in total. The fourth-order valence-corrected chi connectivity index (χ4v) is 4.03. The Morgan fingerprint density at radius 2 is 1.90 bits per heavy atom. The third-order valence-electron chi connectivity index (χ3n) is 2.88. The molecule has 0 saturated carbocycles. The lowest BCUT2D eigenvalue weighted by atomic mass is 10.2. The molecule has 0 aliphatic carbocycles. The maximum absolute atomic E-state index is 12.4. The zero-order valence-electron chi connectivity index (χ0n) is 11.0. The minimum absolute atomic E-state index is 0.169. The second-order valence-electron chi connectivity index (χ2n) is 4.42. The average Bonchev–Trinajstić information content (AvgIpc) is 2.46. The number of halogens is 2. The summed E-state index contributed by atoms with van der Waals surface area (Å²) in [6, 6.07) is 12.0. The van der Waals surface area contributed by atoms with Crippen molar-refractivity contribution in [2.24, 2.45) is 5.73 Å². The maximum atomic E-state index is 12.4. The van der Waals surface area contributed by atoms with Gasteiger partial charge in [-0.3, -0.25) is 0 Å². The van der Waals surface area contributed by atoms with Crippen LogP contribution >= 0.6 is 27.5 Å². The van der Waals surface area contributed by atoms with Gasteiger partial charge in [0.05, 0.1) is 4.90 Å². The zero-order chi connectivity index (χ0) is 15.5. The molecule has 0 bridgehead atoms. The molecule has 2 aromatic carbocycles. The molecule has 0 aromatic heterocycles. The number of hydrogen-bond acceptors (Lipinski definition) is 3. The van der Waals surface area contributed by atoms with Gasteiger partial charge < -0.3 is 5.73 Å². The molecule has 0 aliphatic heterocycles. The lowest BCUT2D eigenvalue weighted by molar-refractivity contribution is 0.580. The molecule has 0 saturated heterocycles. The number of nitrogens with two attached hydrogens (primary N) is 1. The number of rotatable bonds is 5. The smallest absolute Gasteiger partial charge is 0.242 e. The molecule has 3 N–H and O–H groups in total. The van der Waals surface area contributed by atoms with Gasteiger partial charge in [-0.2, -0.15) is 0 Å². The van der Waals surface area contributed by atoms with Crippen molar-refractivity contribution in [2.45, 2.75) is 18.0 Å². The highest BCUT2D eigenvalue weighted by atomic mass is 79.9. The molecule has 0 atom stereocenters. The molecule has 7 heteroatoms. The Kier molecular flexibility index (Phi) is 5.40. The summed E-state index contributed by atoms with van der Waals surface area (Å²) in [6.45, 7) is 0.451. The highest BCUT2D eigenvalue weighted by Crippen LogP contribution is 2.23. The van der Waals surface area contributed by atoms with E-state index in [0.717, 1.165) is 11.1 Å². The van der Waals surface area contributed by atoms with Gasteiger partial charge in [0.15, 0.2) is 0 Å². The molecule has 0 fully saturated rings. The summed E-state index contributed by atoms with van der Waals surface area (Å²) < 4.78 is 27.8.